The van der Waals surface area contributed by atoms with Gasteiger partial charge in [0.05, 0.1) is 10.5 Å². The molecular weight excluding hydrogens is 260 g/mol. The van der Waals surface area contributed by atoms with Crippen LogP contribution in [0.5, 0.6) is 0 Å². The van der Waals surface area contributed by atoms with Crippen molar-refractivity contribution in [3.8, 4) is 0 Å². The molecule has 0 unspecified atom stereocenters. The monoisotopic (exact) mass is 276 g/mol. The molecule has 4 rings (SSSR count). The van der Waals surface area contributed by atoms with Gasteiger partial charge in [-0.05, 0) is 37.9 Å². The number of nitrogens with zero attached hydrogens (tertiary/aromatic N) is 2. The summed E-state index contributed by atoms with van der Waals surface area (Å²) in [6, 6.07) is 5.69. The van der Waals surface area contributed by atoms with Crippen molar-refractivity contribution in [2.75, 3.05) is 19.6 Å². The number of hydrogen-bond acceptors (Lipinski definition) is 5. The van der Waals surface area contributed by atoms with Crippen molar-refractivity contribution in [1.82, 2.24) is 4.90 Å². The van der Waals surface area contributed by atoms with Gasteiger partial charge in [-0.2, -0.15) is 0 Å². The van der Waals surface area contributed by atoms with Crippen molar-refractivity contribution in [2.45, 2.75) is 18.9 Å². The Labute approximate surface area is 116 Å². The minimum Gasteiger partial charge on any atom is -0.457 e. The summed E-state index contributed by atoms with van der Waals surface area (Å²) in [5, 5.41) is 10.7. The van der Waals surface area contributed by atoms with Crippen molar-refractivity contribution in [1.29, 1.82) is 0 Å². The lowest BCUT2D eigenvalue weighted by atomic mass is 9.86. The van der Waals surface area contributed by atoms with Crippen molar-refractivity contribution < 1.29 is 14.5 Å². The second-order valence-electron chi connectivity index (χ2n) is 5.39. The number of nitro groups is 1. The summed E-state index contributed by atoms with van der Waals surface area (Å²) in [7, 11) is 0. The molecule has 0 aliphatic carbocycles. The Hall–Kier alpha value is -1.95. The molecule has 2 bridgehead atoms. The van der Waals surface area contributed by atoms with Crippen LogP contribution in [0.3, 0.4) is 0 Å². The molecule has 3 saturated heterocycles. The number of piperidine rings is 3. The maximum absolute atomic E-state index is 12.1. The van der Waals surface area contributed by atoms with E-state index in [0.717, 1.165) is 32.5 Å². The summed E-state index contributed by atoms with van der Waals surface area (Å²) in [4.78, 5) is 24.6. The van der Waals surface area contributed by atoms with E-state index in [-0.39, 0.29) is 17.4 Å². The van der Waals surface area contributed by atoms with Gasteiger partial charge in [0.1, 0.15) is 6.10 Å². The lowest BCUT2D eigenvalue weighted by Crippen LogP contribution is -2.51. The van der Waals surface area contributed by atoms with Gasteiger partial charge in [-0.25, -0.2) is 4.79 Å². The molecule has 0 aromatic heterocycles. The number of non-ortho nitro benzene ring substituents is 1. The number of ether oxygens (including phenoxy) is 1. The van der Waals surface area contributed by atoms with E-state index >= 15 is 0 Å². The molecule has 3 aliphatic heterocycles. The normalized spacial score (nSPS) is 28.1. The molecule has 0 spiro atoms. The molecular formula is C14H16N2O4. The maximum atomic E-state index is 12.1. The summed E-state index contributed by atoms with van der Waals surface area (Å²) in [5.41, 5.74) is 0.156. The van der Waals surface area contributed by atoms with E-state index in [1.54, 1.807) is 6.07 Å². The average Bonchev–Trinajstić information content (AvgIpc) is 2.48. The van der Waals surface area contributed by atoms with E-state index in [4.69, 9.17) is 4.74 Å². The number of rotatable bonds is 3. The van der Waals surface area contributed by atoms with Gasteiger partial charge in [-0.3, -0.25) is 15.0 Å². The van der Waals surface area contributed by atoms with Gasteiger partial charge in [0, 0.05) is 18.7 Å². The van der Waals surface area contributed by atoms with Gasteiger partial charge < -0.3 is 4.74 Å². The van der Waals surface area contributed by atoms with Crippen LogP contribution in [0.1, 0.15) is 23.2 Å². The van der Waals surface area contributed by atoms with Crippen LogP contribution in [0.2, 0.25) is 0 Å². The predicted octanol–water partition coefficient (Wildman–Crippen LogP) is 1.85. The number of benzene rings is 1. The van der Waals surface area contributed by atoms with Crippen molar-refractivity contribution in [2.24, 2.45) is 5.92 Å². The highest BCUT2D eigenvalue weighted by molar-refractivity contribution is 5.90. The molecule has 1 atom stereocenters. The van der Waals surface area contributed by atoms with Crippen LogP contribution in [0.25, 0.3) is 0 Å². The first-order chi connectivity index (χ1) is 9.63. The third-order valence-corrected chi connectivity index (χ3v) is 4.15. The highest BCUT2D eigenvalue weighted by atomic mass is 16.6. The first-order valence-corrected chi connectivity index (χ1v) is 6.81. The van der Waals surface area contributed by atoms with Crippen molar-refractivity contribution >= 4 is 11.7 Å². The van der Waals surface area contributed by atoms with E-state index in [1.807, 2.05) is 0 Å². The Morgan fingerprint density at radius 2 is 2.10 bits per heavy atom. The number of fused-ring (bicyclic) bond motifs is 3. The fourth-order valence-corrected chi connectivity index (χ4v) is 3.00. The van der Waals surface area contributed by atoms with E-state index in [1.165, 1.54) is 18.2 Å². The van der Waals surface area contributed by atoms with Gasteiger partial charge >= 0.3 is 5.97 Å². The van der Waals surface area contributed by atoms with Crippen LogP contribution in [-0.2, 0) is 4.74 Å². The molecule has 6 nitrogen and oxygen atoms in total. The van der Waals surface area contributed by atoms with Crippen molar-refractivity contribution in [3.05, 3.63) is 39.9 Å². The van der Waals surface area contributed by atoms with Gasteiger partial charge in [0.25, 0.3) is 5.69 Å². The SMILES string of the molecule is O=C(O[C@H]1CN2CCC1CC2)c1cccc([N+](=O)[O-])c1. The summed E-state index contributed by atoms with van der Waals surface area (Å²) in [6.45, 7) is 2.94. The number of nitro benzene ring substituents is 1. The average molecular weight is 276 g/mol. The van der Waals surface area contributed by atoms with Crippen molar-refractivity contribution in [3.63, 3.8) is 0 Å². The molecule has 0 saturated carbocycles. The standard InChI is InChI=1S/C14H16N2O4/c17-14(11-2-1-3-12(8-11)16(18)19)20-13-9-15-6-4-10(13)5-7-15/h1-3,8,10,13H,4-7,9H2/t13-/m0/s1. The first kappa shape index (κ1) is 13.1. The zero-order chi connectivity index (χ0) is 14.1. The van der Waals surface area contributed by atoms with Crippen LogP contribution >= 0.6 is 0 Å². The maximum Gasteiger partial charge on any atom is 0.338 e. The molecule has 0 amide bonds. The van der Waals surface area contributed by atoms with Gasteiger partial charge in [0.2, 0.25) is 0 Å². The van der Waals surface area contributed by atoms with Crippen LogP contribution in [0.4, 0.5) is 5.69 Å². The van der Waals surface area contributed by atoms with E-state index in [2.05, 4.69) is 4.90 Å². The number of hydrogen-bond donors (Lipinski definition) is 0. The fourth-order valence-electron chi connectivity index (χ4n) is 3.00. The molecule has 20 heavy (non-hydrogen) atoms. The Morgan fingerprint density at radius 1 is 1.35 bits per heavy atom. The largest absolute Gasteiger partial charge is 0.457 e. The second-order valence-corrected chi connectivity index (χ2v) is 5.39. The summed E-state index contributed by atoms with van der Waals surface area (Å²) in [6.07, 6.45) is 2.05. The number of carbonyl (C=O) groups is 1. The van der Waals surface area contributed by atoms with Crippen LogP contribution < -0.4 is 0 Å². The Bertz CT molecular complexity index is 538. The van der Waals surface area contributed by atoms with Crippen LogP contribution in [0, 0.1) is 16.0 Å². The Balaban J connectivity index is 1.70. The molecule has 3 aliphatic rings. The molecule has 1 aromatic carbocycles. The lowest BCUT2D eigenvalue weighted by Gasteiger charge is -2.43. The summed E-state index contributed by atoms with van der Waals surface area (Å²) >= 11 is 0. The lowest BCUT2D eigenvalue weighted by molar-refractivity contribution is -0.384. The van der Waals surface area contributed by atoms with E-state index in [0.29, 0.717) is 5.92 Å². The fraction of sp³-hybridized carbons (Fsp3) is 0.500. The van der Waals surface area contributed by atoms with Gasteiger partial charge in [-0.1, -0.05) is 6.07 Å². The Kier molecular flexibility index (Phi) is 3.40. The smallest absolute Gasteiger partial charge is 0.338 e. The minimum atomic E-state index is -0.509. The van der Waals surface area contributed by atoms with Gasteiger partial charge in [0.15, 0.2) is 0 Å². The zero-order valence-corrected chi connectivity index (χ0v) is 11.0. The number of carbonyl (C=O) groups excluding carboxylic acids is 1. The predicted molar refractivity (Wildman–Crippen MR) is 71.5 cm³/mol. The summed E-state index contributed by atoms with van der Waals surface area (Å²) < 4.78 is 5.54. The molecule has 3 heterocycles. The highest BCUT2D eigenvalue weighted by Gasteiger charge is 2.36. The molecule has 3 fully saturated rings. The molecule has 106 valence electrons. The van der Waals surface area contributed by atoms with E-state index in [9.17, 15) is 14.9 Å². The zero-order valence-electron chi connectivity index (χ0n) is 11.0. The van der Waals surface area contributed by atoms with Crippen LogP contribution in [-0.4, -0.2) is 41.5 Å². The topological polar surface area (TPSA) is 72.7 Å². The van der Waals surface area contributed by atoms with Crippen LogP contribution in [0.15, 0.2) is 24.3 Å². The number of esters is 1. The summed E-state index contributed by atoms with van der Waals surface area (Å²) in [5.74, 6) is -0.0323. The van der Waals surface area contributed by atoms with Gasteiger partial charge in [-0.15, -0.1) is 0 Å². The Morgan fingerprint density at radius 3 is 2.70 bits per heavy atom. The second kappa shape index (κ2) is 5.20. The molecule has 0 radical (unpaired) electrons. The van der Waals surface area contributed by atoms with E-state index < -0.39 is 10.9 Å². The highest BCUT2D eigenvalue weighted by Crippen LogP contribution is 2.30. The third-order valence-electron chi connectivity index (χ3n) is 4.15. The molecule has 6 heteroatoms. The quantitative estimate of drug-likeness (QED) is 0.478. The first-order valence-electron chi connectivity index (χ1n) is 6.81. The minimum absolute atomic E-state index is 0.0794. The molecule has 0 N–H and O–H groups in total. The third kappa shape index (κ3) is 2.51. The molecule has 1 aromatic rings.